The second-order valence-corrected chi connectivity index (χ2v) is 6.72. The zero-order chi connectivity index (χ0) is 15.7. The zero-order valence-corrected chi connectivity index (χ0v) is 13.8. The molecule has 0 saturated heterocycles. The van der Waals surface area contributed by atoms with Crippen molar-refractivity contribution in [3.05, 3.63) is 33.6 Å². The number of aromatic nitrogens is 2. The SMILES string of the molecule is Cc1noc(C)c1CN(C)C(=O)N[C@H](c1nccs1)C1CC1. The van der Waals surface area contributed by atoms with Crippen LogP contribution in [0.3, 0.4) is 0 Å². The minimum absolute atomic E-state index is 0.0274. The number of nitrogens with zero attached hydrogens (tertiary/aromatic N) is 3. The van der Waals surface area contributed by atoms with E-state index in [0.29, 0.717) is 12.5 Å². The minimum Gasteiger partial charge on any atom is -0.361 e. The highest BCUT2D eigenvalue weighted by Gasteiger charge is 2.35. The summed E-state index contributed by atoms with van der Waals surface area (Å²) in [7, 11) is 1.78. The molecule has 0 aromatic carbocycles. The zero-order valence-electron chi connectivity index (χ0n) is 13.0. The van der Waals surface area contributed by atoms with Gasteiger partial charge in [-0.25, -0.2) is 9.78 Å². The van der Waals surface area contributed by atoms with Gasteiger partial charge in [-0.2, -0.15) is 0 Å². The van der Waals surface area contributed by atoms with E-state index in [9.17, 15) is 4.79 Å². The van der Waals surface area contributed by atoms with Gasteiger partial charge in [0.05, 0.1) is 18.3 Å². The summed E-state index contributed by atoms with van der Waals surface area (Å²) in [6, 6.07) is -0.0632. The highest BCUT2D eigenvalue weighted by molar-refractivity contribution is 7.09. The molecule has 3 rings (SSSR count). The van der Waals surface area contributed by atoms with Crippen LogP contribution in [0, 0.1) is 19.8 Å². The number of thiazole rings is 1. The van der Waals surface area contributed by atoms with Crippen molar-refractivity contribution in [2.75, 3.05) is 7.05 Å². The van der Waals surface area contributed by atoms with Crippen molar-refractivity contribution < 1.29 is 9.32 Å². The highest BCUT2D eigenvalue weighted by atomic mass is 32.1. The number of aryl methyl sites for hydroxylation is 2. The van der Waals surface area contributed by atoms with E-state index in [4.69, 9.17) is 4.52 Å². The van der Waals surface area contributed by atoms with Gasteiger partial charge in [0.25, 0.3) is 0 Å². The molecule has 1 aliphatic rings. The van der Waals surface area contributed by atoms with Gasteiger partial charge in [-0.15, -0.1) is 11.3 Å². The summed E-state index contributed by atoms with van der Waals surface area (Å²) >= 11 is 1.59. The van der Waals surface area contributed by atoms with Gasteiger partial charge in [-0.05, 0) is 32.6 Å². The Morgan fingerprint density at radius 2 is 2.32 bits per heavy atom. The maximum absolute atomic E-state index is 12.5. The number of rotatable bonds is 5. The van der Waals surface area contributed by atoms with Crippen molar-refractivity contribution in [1.29, 1.82) is 0 Å². The molecular weight excluding hydrogens is 300 g/mol. The Labute approximate surface area is 133 Å². The van der Waals surface area contributed by atoms with Crippen molar-refractivity contribution in [3.8, 4) is 0 Å². The number of nitrogens with one attached hydrogen (secondary N) is 1. The first-order valence-corrected chi connectivity index (χ1v) is 8.27. The lowest BCUT2D eigenvalue weighted by molar-refractivity contribution is 0.200. The molecule has 1 aliphatic carbocycles. The molecule has 6 nitrogen and oxygen atoms in total. The Hall–Kier alpha value is -1.89. The van der Waals surface area contributed by atoms with Crippen LogP contribution in [0.2, 0.25) is 0 Å². The molecule has 0 spiro atoms. The lowest BCUT2D eigenvalue weighted by atomic mass is 10.2. The average molecular weight is 320 g/mol. The van der Waals surface area contributed by atoms with Crippen LogP contribution in [0.5, 0.6) is 0 Å². The summed E-state index contributed by atoms with van der Waals surface area (Å²) in [6.45, 7) is 4.24. The second-order valence-electron chi connectivity index (χ2n) is 5.79. The quantitative estimate of drug-likeness (QED) is 0.919. The Morgan fingerprint density at radius 1 is 1.55 bits per heavy atom. The molecule has 0 unspecified atom stereocenters. The van der Waals surface area contributed by atoms with Gasteiger partial charge in [-0.1, -0.05) is 5.16 Å². The fourth-order valence-corrected chi connectivity index (χ4v) is 3.26. The first-order valence-electron chi connectivity index (χ1n) is 7.39. The molecule has 1 N–H and O–H groups in total. The molecule has 22 heavy (non-hydrogen) atoms. The third kappa shape index (κ3) is 3.14. The van der Waals surface area contributed by atoms with E-state index in [2.05, 4.69) is 15.5 Å². The first kappa shape index (κ1) is 15.0. The fraction of sp³-hybridized carbons (Fsp3) is 0.533. The monoisotopic (exact) mass is 320 g/mol. The molecule has 2 heterocycles. The van der Waals surface area contributed by atoms with Crippen LogP contribution >= 0.6 is 11.3 Å². The summed E-state index contributed by atoms with van der Waals surface area (Å²) in [6.07, 6.45) is 4.09. The summed E-state index contributed by atoms with van der Waals surface area (Å²) < 4.78 is 5.15. The van der Waals surface area contributed by atoms with E-state index >= 15 is 0 Å². The molecule has 0 aliphatic heterocycles. The first-order chi connectivity index (χ1) is 10.6. The Balaban J connectivity index is 1.65. The molecule has 0 radical (unpaired) electrons. The van der Waals surface area contributed by atoms with Crippen molar-refractivity contribution in [3.63, 3.8) is 0 Å². The van der Waals surface area contributed by atoms with Gasteiger partial charge in [-0.3, -0.25) is 0 Å². The summed E-state index contributed by atoms with van der Waals surface area (Å²) in [5.74, 6) is 1.28. The fourth-order valence-electron chi connectivity index (χ4n) is 2.48. The number of amides is 2. The summed E-state index contributed by atoms with van der Waals surface area (Å²) in [4.78, 5) is 18.5. The normalized spacial score (nSPS) is 15.6. The van der Waals surface area contributed by atoms with Crippen molar-refractivity contribution in [2.24, 2.45) is 5.92 Å². The molecule has 2 amide bonds. The van der Waals surface area contributed by atoms with Gasteiger partial charge in [0.2, 0.25) is 0 Å². The molecule has 0 bridgehead atoms. The highest BCUT2D eigenvalue weighted by Crippen LogP contribution is 2.41. The Kier molecular flexibility index (Phi) is 4.15. The molecule has 2 aromatic rings. The molecule has 1 saturated carbocycles. The molecule has 1 fully saturated rings. The molecule has 118 valence electrons. The lowest BCUT2D eigenvalue weighted by Crippen LogP contribution is -2.39. The van der Waals surface area contributed by atoms with E-state index < -0.39 is 0 Å². The number of hydrogen-bond donors (Lipinski definition) is 1. The van der Waals surface area contributed by atoms with Gasteiger partial charge >= 0.3 is 6.03 Å². The largest absolute Gasteiger partial charge is 0.361 e. The summed E-state index contributed by atoms with van der Waals surface area (Å²) in [5, 5.41) is 9.98. The molecular formula is C15H20N4O2S. The standard InChI is InChI=1S/C15H20N4O2S/c1-9-12(10(2)21-18-9)8-19(3)15(20)17-13(11-4-5-11)14-16-6-7-22-14/h6-7,11,13H,4-5,8H2,1-3H3,(H,17,20)/t13-/m0/s1. The van der Waals surface area contributed by atoms with Crippen LogP contribution in [0.15, 0.2) is 16.1 Å². The predicted molar refractivity (Wildman–Crippen MR) is 83.6 cm³/mol. The van der Waals surface area contributed by atoms with Gasteiger partial charge < -0.3 is 14.7 Å². The average Bonchev–Trinajstić information content (AvgIpc) is 3.11. The number of carbonyl (C=O) groups excluding carboxylic acids is 1. The number of hydrogen-bond acceptors (Lipinski definition) is 5. The second kappa shape index (κ2) is 6.08. The lowest BCUT2D eigenvalue weighted by Gasteiger charge is -2.22. The Morgan fingerprint density at radius 3 is 2.86 bits per heavy atom. The maximum Gasteiger partial charge on any atom is 0.318 e. The molecule has 1 atom stereocenters. The van der Waals surface area contributed by atoms with E-state index in [1.165, 1.54) is 0 Å². The summed E-state index contributed by atoms with van der Waals surface area (Å²) in [5.41, 5.74) is 1.80. The minimum atomic E-state index is -0.0906. The predicted octanol–water partition coefficient (Wildman–Crippen LogP) is 3.04. The van der Waals surface area contributed by atoms with Crippen LogP contribution in [-0.2, 0) is 6.54 Å². The van der Waals surface area contributed by atoms with Crippen molar-refractivity contribution in [1.82, 2.24) is 20.4 Å². The third-order valence-electron chi connectivity index (χ3n) is 4.01. The maximum atomic E-state index is 12.5. The molecule has 7 heteroatoms. The van der Waals surface area contributed by atoms with Gasteiger partial charge in [0.15, 0.2) is 0 Å². The van der Waals surface area contributed by atoms with Crippen LogP contribution in [-0.4, -0.2) is 28.1 Å². The van der Waals surface area contributed by atoms with Crippen molar-refractivity contribution in [2.45, 2.75) is 39.3 Å². The number of carbonyl (C=O) groups is 1. The van der Waals surface area contributed by atoms with Gasteiger partial charge in [0.1, 0.15) is 10.8 Å². The van der Waals surface area contributed by atoms with Crippen LogP contribution in [0.25, 0.3) is 0 Å². The van der Waals surface area contributed by atoms with Crippen LogP contribution in [0.4, 0.5) is 4.79 Å². The van der Waals surface area contributed by atoms with E-state index in [1.807, 2.05) is 19.2 Å². The molecule has 2 aromatic heterocycles. The van der Waals surface area contributed by atoms with Crippen LogP contribution < -0.4 is 5.32 Å². The topological polar surface area (TPSA) is 71.3 Å². The Bertz CT molecular complexity index is 629. The van der Waals surface area contributed by atoms with E-state index in [1.54, 1.807) is 29.5 Å². The van der Waals surface area contributed by atoms with E-state index in [0.717, 1.165) is 34.9 Å². The van der Waals surface area contributed by atoms with Gasteiger partial charge in [0, 0.05) is 24.2 Å². The van der Waals surface area contributed by atoms with Crippen molar-refractivity contribution >= 4 is 17.4 Å². The van der Waals surface area contributed by atoms with E-state index in [-0.39, 0.29) is 12.1 Å². The third-order valence-corrected chi connectivity index (χ3v) is 4.87. The van der Waals surface area contributed by atoms with Crippen LogP contribution in [0.1, 0.15) is 40.9 Å². The number of urea groups is 1. The smallest absolute Gasteiger partial charge is 0.318 e.